The summed E-state index contributed by atoms with van der Waals surface area (Å²) in [4.78, 5) is 13.9. The minimum atomic E-state index is -0.383. The summed E-state index contributed by atoms with van der Waals surface area (Å²) in [5.41, 5.74) is 5.94. The molecule has 2 rings (SSSR count). The zero-order chi connectivity index (χ0) is 11.2. The highest BCUT2D eigenvalue weighted by Gasteiger charge is 2.48. The average Bonchev–Trinajstić information content (AvgIpc) is 2.27. The Balaban J connectivity index is 2.26. The second-order valence-corrected chi connectivity index (χ2v) is 5.33. The summed E-state index contributed by atoms with van der Waals surface area (Å²) in [6, 6.07) is -0.175. The molecular formula is C11H20N2O2. The Kier molecular flexibility index (Phi) is 2.51. The van der Waals surface area contributed by atoms with Gasteiger partial charge in [0.15, 0.2) is 0 Å². The molecule has 4 heteroatoms. The summed E-state index contributed by atoms with van der Waals surface area (Å²) in [5.74, 6) is 0.0515. The summed E-state index contributed by atoms with van der Waals surface area (Å²) in [6.45, 7) is 7.03. The van der Waals surface area contributed by atoms with Crippen LogP contribution in [0.15, 0.2) is 0 Å². The molecule has 2 N–H and O–H groups in total. The van der Waals surface area contributed by atoms with Crippen LogP contribution < -0.4 is 5.73 Å². The number of carbonyl (C=O) groups is 1. The Morgan fingerprint density at radius 1 is 1.53 bits per heavy atom. The fraction of sp³-hybridized carbons (Fsp3) is 0.909. The molecule has 1 amide bonds. The highest BCUT2D eigenvalue weighted by Crippen LogP contribution is 2.41. The Morgan fingerprint density at radius 3 is 2.87 bits per heavy atom. The standard InChI is InChI=1S/C11H20N2O2/c1-7-11(2,3)6-9-13(7)10(14)8(12)4-5-15-9/h7-9H,4-6,12H2,1-3H3/t7?,8-,9-/m0/s1. The number of rotatable bonds is 0. The lowest BCUT2D eigenvalue weighted by atomic mass is 9.85. The van der Waals surface area contributed by atoms with Crippen molar-refractivity contribution in [2.24, 2.45) is 11.1 Å². The number of nitrogens with zero attached hydrogens (tertiary/aromatic N) is 1. The van der Waals surface area contributed by atoms with Crippen molar-refractivity contribution in [1.82, 2.24) is 4.90 Å². The van der Waals surface area contributed by atoms with E-state index in [1.807, 2.05) is 4.90 Å². The van der Waals surface area contributed by atoms with Crippen molar-refractivity contribution in [3.8, 4) is 0 Å². The van der Waals surface area contributed by atoms with Crippen LogP contribution in [0.1, 0.15) is 33.6 Å². The molecule has 0 saturated carbocycles. The molecule has 0 aliphatic carbocycles. The Labute approximate surface area is 90.8 Å². The van der Waals surface area contributed by atoms with Gasteiger partial charge in [0, 0.05) is 6.04 Å². The second kappa shape index (κ2) is 3.46. The van der Waals surface area contributed by atoms with Gasteiger partial charge in [-0.3, -0.25) is 4.79 Å². The van der Waals surface area contributed by atoms with E-state index in [1.165, 1.54) is 0 Å². The van der Waals surface area contributed by atoms with Crippen molar-refractivity contribution in [1.29, 1.82) is 0 Å². The van der Waals surface area contributed by atoms with Gasteiger partial charge in [0.1, 0.15) is 6.23 Å². The molecule has 3 atom stereocenters. The molecule has 0 bridgehead atoms. The van der Waals surface area contributed by atoms with Gasteiger partial charge in [0.25, 0.3) is 0 Å². The van der Waals surface area contributed by atoms with Crippen LogP contribution in [0.5, 0.6) is 0 Å². The summed E-state index contributed by atoms with van der Waals surface area (Å²) in [6.07, 6.45) is 1.49. The lowest BCUT2D eigenvalue weighted by Crippen LogP contribution is -2.48. The SMILES string of the molecule is CC1N2C(=O)[C@@H](N)CCO[C@H]2CC1(C)C. The first kappa shape index (κ1) is 10.9. The van der Waals surface area contributed by atoms with Crippen LogP contribution in [0.3, 0.4) is 0 Å². The van der Waals surface area contributed by atoms with Crippen LogP contribution in [0.4, 0.5) is 0 Å². The third-order valence-corrected chi connectivity index (χ3v) is 3.87. The number of hydrogen-bond acceptors (Lipinski definition) is 3. The van der Waals surface area contributed by atoms with E-state index in [-0.39, 0.29) is 29.6 Å². The number of fused-ring (bicyclic) bond motifs is 1. The van der Waals surface area contributed by atoms with Gasteiger partial charge in [-0.15, -0.1) is 0 Å². The van der Waals surface area contributed by atoms with Crippen molar-refractivity contribution in [2.75, 3.05) is 6.61 Å². The molecule has 2 heterocycles. The first-order chi connectivity index (χ1) is 6.93. The number of ether oxygens (including phenoxy) is 1. The lowest BCUT2D eigenvalue weighted by Gasteiger charge is -2.30. The van der Waals surface area contributed by atoms with Crippen molar-refractivity contribution in [3.63, 3.8) is 0 Å². The van der Waals surface area contributed by atoms with E-state index in [4.69, 9.17) is 10.5 Å². The van der Waals surface area contributed by atoms with Crippen LogP contribution in [-0.2, 0) is 9.53 Å². The van der Waals surface area contributed by atoms with Gasteiger partial charge < -0.3 is 15.4 Å². The molecule has 0 aromatic carbocycles. The highest BCUT2D eigenvalue weighted by atomic mass is 16.5. The van der Waals surface area contributed by atoms with Gasteiger partial charge in [0.2, 0.25) is 5.91 Å². The average molecular weight is 212 g/mol. The van der Waals surface area contributed by atoms with E-state index in [2.05, 4.69) is 20.8 Å². The van der Waals surface area contributed by atoms with E-state index in [0.717, 1.165) is 6.42 Å². The van der Waals surface area contributed by atoms with Crippen LogP contribution in [-0.4, -0.2) is 35.7 Å². The molecule has 0 spiro atoms. The Hall–Kier alpha value is -0.610. The zero-order valence-corrected chi connectivity index (χ0v) is 9.69. The molecule has 2 fully saturated rings. The second-order valence-electron chi connectivity index (χ2n) is 5.33. The zero-order valence-electron chi connectivity index (χ0n) is 9.69. The van der Waals surface area contributed by atoms with Crippen LogP contribution in [0.25, 0.3) is 0 Å². The van der Waals surface area contributed by atoms with E-state index in [9.17, 15) is 4.79 Å². The van der Waals surface area contributed by atoms with Crippen molar-refractivity contribution in [3.05, 3.63) is 0 Å². The molecule has 0 radical (unpaired) electrons. The maximum Gasteiger partial charge on any atom is 0.241 e. The van der Waals surface area contributed by atoms with Gasteiger partial charge in [-0.1, -0.05) is 13.8 Å². The Bertz CT molecular complexity index is 278. The van der Waals surface area contributed by atoms with Gasteiger partial charge in [0.05, 0.1) is 12.6 Å². The smallest absolute Gasteiger partial charge is 0.241 e. The Morgan fingerprint density at radius 2 is 2.20 bits per heavy atom. The fourth-order valence-electron chi connectivity index (χ4n) is 2.46. The first-order valence-electron chi connectivity index (χ1n) is 5.63. The maximum atomic E-state index is 12.0. The topological polar surface area (TPSA) is 55.6 Å². The molecule has 0 aromatic rings. The van der Waals surface area contributed by atoms with E-state index < -0.39 is 0 Å². The van der Waals surface area contributed by atoms with E-state index >= 15 is 0 Å². The molecule has 4 nitrogen and oxygen atoms in total. The summed E-state index contributed by atoms with van der Waals surface area (Å²) >= 11 is 0. The molecule has 2 aliphatic heterocycles. The van der Waals surface area contributed by atoms with Gasteiger partial charge in [-0.05, 0) is 25.2 Å². The number of carbonyl (C=O) groups excluding carboxylic acids is 1. The minimum Gasteiger partial charge on any atom is -0.358 e. The summed E-state index contributed by atoms with van der Waals surface area (Å²) in [7, 11) is 0. The lowest BCUT2D eigenvalue weighted by molar-refractivity contribution is -0.141. The maximum absolute atomic E-state index is 12.0. The molecule has 15 heavy (non-hydrogen) atoms. The van der Waals surface area contributed by atoms with Crippen LogP contribution >= 0.6 is 0 Å². The van der Waals surface area contributed by atoms with Crippen LogP contribution in [0, 0.1) is 5.41 Å². The number of hydrogen-bond donors (Lipinski definition) is 1. The summed E-state index contributed by atoms with van der Waals surface area (Å²) in [5, 5.41) is 0. The highest BCUT2D eigenvalue weighted by molar-refractivity contribution is 5.82. The predicted molar refractivity (Wildman–Crippen MR) is 57.0 cm³/mol. The van der Waals surface area contributed by atoms with Gasteiger partial charge in [-0.2, -0.15) is 0 Å². The van der Waals surface area contributed by atoms with Crippen molar-refractivity contribution in [2.45, 2.75) is 51.9 Å². The van der Waals surface area contributed by atoms with Crippen molar-refractivity contribution < 1.29 is 9.53 Å². The number of amides is 1. The third-order valence-electron chi connectivity index (χ3n) is 3.87. The van der Waals surface area contributed by atoms with Crippen molar-refractivity contribution >= 4 is 5.91 Å². The molecule has 2 saturated heterocycles. The third kappa shape index (κ3) is 1.66. The number of nitrogens with two attached hydrogens (primary N) is 1. The van der Waals surface area contributed by atoms with Crippen LogP contribution in [0.2, 0.25) is 0 Å². The molecule has 0 aromatic heterocycles. The van der Waals surface area contributed by atoms with Gasteiger partial charge >= 0.3 is 0 Å². The molecular weight excluding hydrogens is 192 g/mol. The minimum absolute atomic E-state index is 0.0515. The predicted octanol–water partition coefficient (Wildman–Crippen LogP) is 0.707. The quantitative estimate of drug-likeness (QED) is 0.643. The monoisotopic (exact) mass is 212 g/mol. The molecule has 2 aliphatic rings. The molecule has 1 unspecified atom stereocenters. The first-order valence-corrected chi connectivity index (χ1v) is 5.63. The summed E-state index contributed by atoms with van der Waals surface area (Å²) < 4.78 is 5.70. The van der Waals surface area contributed by atoms with E-state index in [0.29, 0.717) is 13.0 Å². The van der Waals surface area contributed by atoms with Gasteiger partial charge in [-0.25, -0.2) is 0 Å². The van der Waals surface area contributed by atoms with E-state index in [1.54, 1.807) is 0 Å². The molecule has 86 valence electrons. The largest absolute Gasteiger partial charge is 0.358 e. The normalized spacial score (nSPS) is 40.1. The fourth-order valence-corrected chi connectivity index (χ4v) is 2.46.